The van der Waals surface area contributed by atoms with Gasteiger partial charge in [-0.2, -0.15) is 0 Å². The molecule has 0 amide bonds. The van der Waals surface area contributed by atoms with Crippen LogP contribution in [-0.4, -0.2) is 15.5 Å². The van der Waals surface area contributed by atoms with Crippen LogP contribution in [0.15, 0.2) is 48.8 Å². The first-order chi connectivity index (χ1) is 10.9. The molecular weight excluding hydrogens is 329 g/mol. The number of rotatable bonds is 4. The van der Waals surface area contributed by atoms with E-state index in [2.05, 4.69) is 29.1 Å². The zero-order valence-corrected chi connectivity index (χ0v) is 14.5. The van der Waals surface area contributed by atoms with Gasteiger partial charge in [-0.15, -0.1) is 0 Å². The zero-order valence-electron chi connectivity index (χ0n) is 13.0. The molecule has 0 atom stereocenters. The highest BCUT2D eigenvalue weighted by Gasteiger charge is 2.21. The number of halogens is 2. The molecular formula is C18H17Cl2N3. The van der Waals surface area contributed by atoms with Crippen LogP contribution >= 0.6 is 23.2 Å². The Balaban J connectivity index is 1.90. The number of anilines is 1. The van der Waals surface area contributed by atoms with Crippen LogP contribution in [0.5, 0.6) is 0 Å². The van der Waals surface area contributed by atoms with E-state index in [1.54, 1.807) is 6.33 Å². The zero-order chi connectivity index (χ0) is 16.4. The third kappa shape index (κ3) is 3.74. The molecule has 0 spiro atoms. The van der Waals surface area contributed by atoms with E-state index in [4.69, 9.17) is 23.2 Å². The highest BCUT2D eigenvalue weighted by molar-refractivity contribution is 6.31. The van der Waals surface area contributed by atoms with Crippen molar-refractivity contribution >= 4 is 39.9 Å². The molecule has 1 heterocycles. The number of aromatic nitrogens is 2. The number of hydrogen-bond donors (Lipinski definition) is 1. The van der Waals surface area contributed by atoms with Crippen molar-refractivity contribution in [1.82, 2.24) is 9.97 Å². The second-order valence-corrected chi connectivity index (χ2v) is 7.00. The quantitative estimate of drug-likeness (QED) is 0.690. The van der Waals surface area contributed by atoms with Gasteiger partial charge in [-0.25, -0.2) is 9.97 Å². The summed E-state index contributed by atoms with van der Waals surface area (Å²) in [5.41, 5.74) is 1.71. The molecule has 0 saturated carbocycles. The monoisotopic (exact) mass is 345 g/mol. The molecule has 3 nitrogen and oxygen atoms in total. The number of fused-ring (bicyclic) bond motifs is 1. The predicted octanol–water partition coefficient (Wildman–Crippen LogP) is 5.37. The third-order valence-electron chi connectivity index (χ3n) is 3.65. The molecule has 0 bridgehead atoms. The largest absolute Gasteiger partial charge is 0.364 e. The Morgan fingerprint density at radius 2 is 1.83 bits per heavy atom. The van der Waals surface area contributed by atoms with E-state index < -0.39 is 0 Å². The van der Waals surface area contributed by atoms with Gasteiger partial charge in [0.1, 0.15) is 12.1 Å². The van der Waals surface area contributed by atoms with Gasteiger partial charge in [0.2, 0.25) is 0 Å². The lowest BCUT2D eigenvalue weighted by atomic mass is 9.94. The molecule has 2 aromatic carbocycles. The number of hydrogen-bond acceptors (Lipinski definition) is 3. The topological polar surface area (TPSA) is 37.8 Å². The summed E-state index contributed by atoms with van der Waals surface area (Å²) in [6.07, 6.45) is 2.33. The van der Waals surface area contributed by atoms with Crippen molar-refractivity contribution in [2.75, 3.05) is 5.32 Å². The Hall–Kier alpha value is -1.84. The molecule has 0 saturated heterocycles. The van der Waals surface area contributed by atoms with Gasteiger partial charge in [0.15, 0.2) is 0 Å². The fourth-order valence-electron chi connectivity index (χ4n) is 2.61. The molecule has 0 aliphatic heterocycles. The summed E-state index contributed by atoms with van der Waals surface area (Å²) in [6, 6.07) is 13.5. The molecule has 1 aromatic heterocycles. The maximum absolute atomic E-state index is 6.28. The summed E-state index contributed by atoms with van der Waals surface area (Å²) in [5, 5.41) is 5.90. The number of benzene rings is 2. The molecule has 1 N–H and O–H groups in total. The minimum Gasteiger partial charge on any atom is -0.364 e. The van der Waals surface area contributed by atoms with Crippen LogP contribution in [0.2, 0.25) is 10.0 Å². The van der Waals surface area contributed by atoms with Crippen molar-refractivity contribution < 1.29 is 0 Å². The molecule has 23 heavy (non-hydrogen) atoms. The summed E-state index contributed by atoms with van der Waals surface area (Å²) in [7, 11) is 0. The average molecular weight is 346 g/mol. The molecule has 118 valence electrons. The molecule has 3 rings (SSSR count). The molecule has 3 aromatic rings. The van der Waals surface area contributed by atoms with Gasteiger partial charge in [0, 0.05) is 21.0 Å². The summed E-state index contributed by atoms with van der Waals surface area (Å²) in [4.78, 5) is 8.66. The standard InChI is InChI=1S/C18H17Cl2N3/c1-18(2,10-12-5-3-4-6-15(12)20)23-17-14-8-7-13(19)9-16(14)21-11-22-17/h3-9,11H,10H2,1-2H3,(H,21,22,23). The Morgan fingerprint density at radius 1 is 1.04 bits per heavy atom. The van der Waals surface area contributed by atoms with E-state index >= 15 is 0 Å². The van der Waals surface area contributed by atoms with Gasteiger partial charge in [-0.1, -0.05) is 41.4 Å². The molecule has 0 unspecified atom stereocenters. The normalized spacial score (nSPS) is 11.7. The first-order valence-corrected chi connectivity index (χ1v) is 8.12. The van der Waals surface area contributed by atoms with E-state index in [9.17, 15) is 0 Å². The highest BCUT2D eigenvalue weighted by atomic mass is 35.5. The third-order valence-corrected chi connectivity index (χ3v) is 4.25. The van der Waals surface area contributed by atoms with Crippen molar-refractivity contribution in [1.29, 1.82) is 0 Å². The van der Waals surface area contributed by atoms with E-state index in [-0.39, 0.29) is 5.54 Å². The second-order valence-electron chi connectivity index (χ2n) is 6.16. The van der Waals surface area contributed by atoms with Gasteiger partial charge < -0.3 is 5.32 Å². The first kappa shape index (κ1) is 16.0. The predicted molar refractivity (Wildman–Crippen MR) is 97.4 cm³/mol. The molecule has 0 aliphatic carbocycles. The summed E-state index contributed by atoms with van der Waals surface area (Å²) < 4.78 is 0. The van der Waals surface area contributed by atoms with Crippen molar-refractivity contribution in [3.05, 3.63) is 64.4 Å². The van der Waals surface area contributed by atoms with Gasteiger partial charge in [-0.3, -0.25) is 0 Å². The molecule has 0 aliphatic rings. The Labute approximate surface area is 145 Å². The maximum atomic E-state index is 6.28. The highest BCUT2D eigenvalue weighted by Crippen LogP contribution is 2.27. The van der Waals surface area contributed by atoms with Gasteiger partial charge in [0.05, 0.1) is 5.52 Å². The van der Waals surface area contributed by atoms with Crippen molar-refractivity contribution in [2.45, 2.75) is 25.8 Å². The fraction of sp³-hybridized carbons (Fsp3) is 0.222. The SMILES string of the molecule is CC(C)(Cc1ccccc1Cl)Nc1ncnc2cc(Cl)ccc12. The molecule has 0 radical (unpaired) electrons. The maximum Gasteiger partial charge on any atom is 0.137 e. The number of nitrogens with zero attached hydrogens (tertiary/aromatic N) is 2. The first-order valence-electron chi connectivity index (χ1n) is 7.36. The Morgan fingerprint density at radius 3 is 2.61 bits per heavy atom. The van der Waals surface area contributed by atoms with Gasteiger partial charge >= 0.3 is 0 Å². The van der Waals surface area contributed by atoms with E-state index in [1.165, 1.54) is 0 Å². The van der Waals surface area contributed by atoms with Crippen LogP contribution in [0.3, 0.4) is 0 Å². The van der Waals surface area contributed by atoms with E-state index in [0.29, 0.717) is 5.02 Å². The van der Waals surface area contributed by atoms with Gasteiger partial charge in [0.25, 0.3) is 0 Å². The minimum atomic E-state index is -0.216. The smallest absolute Gasteiger partial charge is 0.137 e. The average Bonchev–Trinajstić information content (AvgIpc) is 2.49. The van der Waals surface area contributed by atoms with E-state index in [0.717, 1.165) is 33.7 Å². The van der Waals surface area contributed by atoms with Crippen LogP contribution in [0.25, 0.3) is 10.9 Å². The van der Waals surface area contributed by atoms with Crippen molar-refractivity contribution in [3.8, 4) is 0 Å². The molecule has 5 heteroatoms. The summed E-state index contributed by atoms with van der Waals surface area (Å²) in [6.45, 7) is 4.25. The summed E-state index contributed by atoms with van der Waals surface area (Å²) in [5.74, 6) is 0.795. The minimum absolute atomic E-state index is 0.216. The lowest BCUT2D eigenvalue weighted by Crippen LogP contribution is -2.34. The number of nitrogens with one attached hydrogen (secondary N) is 1. The van der Waals surface area contributed by atoms with Crippen LogP contribution in [0.1, 0.15) is 19.4 Å². The van der Waals surface area contributed by atoms with Crippen LogP contribution in [0.4, 0.5) is 5.82 Å². The summed E-state index contributed by atoms with van der Waals surface area (Å²) >= 11 is 12.3. The lowest BCUT2D eigenvalue weighted by Gasteiger charge is -2.28. The van der Waals surface area contributed by atoms with Crippen LogP contribution < -0.4 is 5.32 Å². The lowest BCUT2D eigenvalue weighted by molar-refractivity contribution is 0.562. The van der Waals surface area contributed by atoms with Crippen molar-refractivity contribution in [3.63, 3.8) is 0 Å². The second kappa shape index (κ2) is 6.34. The van der Waals surface area contributed by atoms with E-state index in [1.807, 2.05) is 42.5 Å². The van der Waals surface area contributed by atoms with Gasteiger partial charge in [-0.05, 0) is 50.1 Å². The fourth-order valence-corrected chi connectivity index (χ4v) is 2.98. The van der Waals surface area contributed by atoms with Crippen LogP contribution in [0, 0.1) is 0 Å². The van der Waals surface area contributed by atoms with Crippen LogP contribution in [-0.2, 0) is 6.42 Å². The van der Waals surface area contributed by atoms with Crippen molar-refractivity contribution in [2.24, 2.45) is 0 Å². The Bertz CT molecular complexity index is 847. The Kier molecular flexibility index (Phi) is 4.42. The molecule has 0 fully saturated rings.